The summed E-state index contributed by atoms with van der Waals surface area (Å²) < 4.78 is 15.8. The van der Waals surface area contributed by atoms with Crippen LogP contribution >= 0.6 is 0 Å². The summed E-state index contributed by atoms with van der Waals surface area (Å²) in [4.78, 5) is 11.8. The first-order valence-electron chi connectivity index (χ1n) is 7.41. The lowest BCUT2D eigenvalue weighted by molar-refractivity contribution is 0.108. The lowest BCUT2D eigenvalue weighted by atomic mass is 10.2. The van der Waals surface area contributed by atoms with E-state index < -0.39 is 0 Å². The van der Waals surface area contributed by atoms with E-state index in [0.717, 1.165) is 13.0 Å². The van der Waals surface area contributed by atoms with Crippen molar-refractivity contribution in [3.8, 4) is 11.5 Å². The Labute approximate surface area is 132 Å². The molecule has 124 valence electrons. The van der Waals surface area contributed by atoms with E-state index in [1.165, 1.54) is 0 Å². The van der Waals surface area contributed by atoms with E-state index >= 15 is 0 Å². The van der Waals surface area contributed by atoms with Crippen LogP contribution in [0.2, 0.25) is 0 Å². The molecule has 0 aliphatic rings. The first kappa shape index (κ1) is 18.1. The number of carbonyl (C=O) groups is 1. The number of hydrogen-bond donors (Lipinski definition) is 2. The van der Waals surface area contributed by atoms with Gasteiger partial charge in [0.05, 0.1) is 19.9 Å². The minimum absolute atomic E-state index is 0.271. The standard InChI is InChI=1S/C16H26N2O4/c1-12(2)11-22-9-5-8-17-16(19)18-14-7-6-13(20-3)10-15(14)21-4/h6-7,10,12H,5,8-9,11H2,1-4H3,(H2,17,18,19). The monoisotopic (exact) mass is 310 g/mol. The van der Waals surface area contributed by atoms with Crippen LogP contribution in [0, 0.1) is 5.92 Å². The van der Waals surface area contributed by atoms with E-state index in [9.17, 15) is 4.79 Å². The van der Waals surface area contributed by atoms with Gasteiger partial charge >= 0.3 is 6.03 Å². The van der Waals surface area contributed by atoms with E-state index in [1.54, 1.807) is 32.4 Å². The van der Waals surface area contributed by atoms with Crippen LogP contribution in [-0.4, -0.2) is 40.0 Å². The number of ether oxygens (including phenoxy) is 3. The molecule has 0 aromatic heterocycles. The second-order valence-electron chi connectivity index (χ2n) is 5.27. The average Bonchev–Trinajstić information content (AvgIpc) is 2.50. The normalized spacial score (nSPS) is 10.4. The van der Waals surface area contributed by atoms with Crippen molar-refractivity contribution in [2.45, 2.75) is 20.3 Å². The van der Waals surface area contributed by atoms with Crippen LogP contribution in [0.4, 0.5) is 10.5 Å². The van der Waals surface area contributed by atoms with Crippen molar-refractivity contribution in [2.24, 2.45) is 5.92 Å². The van der Waals surface area contributed by atoms with Crippen LogP contribution in [0.25, 0.3) is 0 Å². The molecule has 22 heavy (non-hydrogen) atoms. The van der Waals surface area contributed by atoms with Gasteiger partial charge in [-0.05, 0) is 24.5 Å². The van der Waals surface area contributed by atoms with Gasteiger partial charge in [0.25, 0.3) is 0 Å². The summed E-state index contributed by atoms with van der Waals surface area (Å²) in [5, 5.41) is 5.53. The highest BCUT2D eigenvalue weighted by atomic mass is 16.5. The number of anilines is 1. The second kappa shape index (κ2) is 9.89. The summed E-state index contributed by atoms with van der Waals surface area (Å²) in [7, 11) is 3.12. The van der Waals surface area contributed by atoms with Crippen molar-refractivity contribution in [1.29, 1.82) is 0 Å². The molecule has 0 saturated carbocycles. The number of urea groups is 1. The molecular formula is C16H26N2O4. The Hall–Kier alpha value is -1.95. The molecule has 0 saturated heterocycles. The summed E-state index contributed by atoms with van der Waals surface area (Å²) in [6.45, 7) is 6.16. The van der Waals surface area contributed by atoms with Crippen LogP contribution in [-0.2, 0) is 4.74 Å². The number of methoxy groups -OCH3 is 2. The predicted molar refractivity (Wildman–Crippen MR) is 86.8 cm³/mol. The van der Waals surface area contributed by atoms with Gasteiger partial charge in [0.1, 0.15) is 11.5 Å². The molecule has 1 rings (SSSR count). The van der Waals surface area contributed by atoms with Crippen molar-refractivity contribution in [3.63, 3.8) is 0 Å². The molecular weight excluding hydrogens is 284 g/mol. The number of hydrogen-bond acceptors (Lipinski definition) is 4. The third-order valence-corrected chi connectivity index (χ3v) is 2.86. The molecule has 0 atom stereocenters. The first-order valence-corrected chi connectivity index (χ1v) is 7.41. The van der Waals surface area contributed by atoms with Crippen molar-refractivity contribution < 1.29 is 19.0 Å². The lowest BCUT2D eigenvalue weighted by Crippen LogP contribution is -2.30. The fourth-order valence-corrected chi connectivity index (χ4v) is 1.76. The molecule has 6 heteroatoms. The highest BCUT2D eigenvalue weighted by molar-refractivity contribution is 5.91. The van der Waals surface area contributed by atoms with Crippen molar-refractivity contribution >= 4 is 11.7 Å². The van der Waals surface area contributed by atoms with Gasteiger partial charge < -0.3 is 24.8 Å². The van der Waals surface area contributed by atoms with Crippen LogP contribution < -0.4 is 20.1 Å². The zero-order chi connectivity index (χ0) is 16.4. The molecule has 2 amide bonds. The molecule has 1 aromatic rings. The molecule has 0 radical (unpaired) electrons. The third-order valence-electron chi connectivity index (χ3n) is 2.86. The maximum atomic E-state index is 11.8. The molecule has 0 aliphatic heterocycles. The maximum Gasteiger partial charge on any atom is 0.319 e. The SMILES string of the molecule is COc1ccc(NC(=O)NCCCOCC(C)C)c(OC)c1. The predicted octanol–water partition coefficient (Wildman–Crippen LogP) is 2.89. The summed E-state index contributed by atoms with van der Waals surface area (Å²) >= 11 is 0. The fraction of sp³-hybridized carbons (Fsp3) is 0.562. The van der Waals surface area contributed by atoms with E-state index in [-0.39, 0.29) is 6.03 Å². The zero-order valence-electron chi connectivity index (χ0n) is 13.8. The fourth-order valence-electron chi connectivity index (χ4n) is 1.76. The zero-order valence-corrected chi connectivity index (χ0v) is 13.8. The lowest BCUT2D eigenvalue weighted by Gasteiger charge is -2.12. The minimum atomic E-state index is -0.271. The Bertz CT molecular complexity index is 463. The molecule has 0 bridgehead atoms. The summed E-state index contributed by atoms with van der Waals surface area (Å²) in [5.41, 5.74) is 0.594. The molecule has 1 aromatic carbocycles. The first-order chi connectivity index (χ1) is 10.6. The molecule has 0 unspecified atom stereocenters. The van der Waals surface area contributed by atoms with Gasteiger partial charge in [-0.2, -0.15) is 0 Å². The van der Waals surface area contributed by atoms with Gasteiger partial charge in [0, 0.05) is 25.8 Å². The van der Waals surface area contributed by atoms with Gasteiger partial charge in [-0.3, -0.25) is 0 Å². The van der Waals surface area contributed by atoms with E-state index in [4.69, 9.17) is 14.2 Å². The van der Waals surface area contributed by atoms with Crippen LogP contribution in [0.5, 0.6) is 11.5 Å². The number of amides is 2. The smallest absolute Gasteiger partial charge is 0.319 e. The topological polar surface area (TPSA) is 68.8 Å². The Balaban J connectivity index is 2.33. The van der Waals surface area contributed by atoms with Gasteiger partial charge in [-0.25, -0.2) is 4.79 Å². The van der Waals surface area contributed by atoms with Crippen molar-refractivity contribution in [2.75, 3.05) is 39.3 Å². The van der Waals surface area contributed by atoms with Crippen LogP contribution in [0.15, 0.2) is 18.2 Å². The Morgan fingerprint density at radius 3 is 2.64 bits per heavy atom. The molecule has 0 spiro atoms. The van der Waals surface area contributed by atoms with E-state index in [2.05, 4.69) is 24.5 Å². The Morgan fingerprint density at radius 2 is 2.00 bits per heavy atom. The molecule has 0 aliphatic carbocycles. The highest BCUT2D eigenvalue weighted by Gasteiger charge is 2.08. The number of rotatable bonds is 9. The van der Waals surface area contributed by atoms with Gasteiger partial charge in [0.15, 0.2) is 0 Å². The minimum Gasteiger partial charge on any atom is -0.497 e. The number of nitrogens with one attached hydrogen (secondary N) is 2. The Morgan fingerprint density at radius 1 is 1.23 bits per heavy atom. The third kappa shape index (κ3) is 6.67. The van der Waals surface area contributed by atoms with E-state index in [1.807, 2.05) is 0 Å². The van der Waals surface area contributed by atoms with Crippen molar-refractivity contribution in [3.05, 3.63) is 18.2 Å². The highest BCUT2D eigenvalue weighted by Crippen LogP contribution is 2.28. The quantitative estimate of drug-likeness (QED) is 0.688. The molecule has 0 fully saturated rings. The van der Waals surface area contributed by atoms with Gasteiger partial charge in [-0.15, -0.1) is 0 Å². The largest absolute Gasteiger partial charge is 0.497 e. The average molecular weight is 310 g/mol. The molecule has 0 heterocycles. The van der Waals surface area contributed by atoms with Gasteiger partial charge in [-0.1, -0.05) is 13.8 Å². The van der Waals surface area contributed by atoms with Crippen molar-refractivity contribution in [1.82, 2.24) is 5.32 Å². The molecule has 2 N–H and O–H groups in total. The summed E-state index contributed by atoms with van der Waals surface area (Å²) in [5.74, 6) is 1.75. The number of benzene rings is 1. The number of carbonyl (C=O) groups excluding carboxylic acids is 1. The Kier molecular flexibility index (Phi) is 8.14. The second-order valence-corrected chi connectivity index (χ2v) is 5.27. The van der Waals surface area contributed by atoms with Crippen LogP contribution in [0.1, 0.15) is 20.3 Å². The van der Waals surface area contributed by atoms with Gasteiger partial charge in [0.2, 0.25) is 0 Å². The maximum absolute atomic E-state index is 11.8. The molecule has 6 nitrogen and oxygen atoms in total. The van der Waals surface area contributed by atoms with Crippen LogP contribution in [0.3, 0.4) is 0 Å². The summed E-state index contributed by atoms with van der Waals surface area (Å²) in [6.07, 6.45) is 0.778. The van der Waals surface area contributed by atoms with E-state index in [0.29, 0.717) is 36.3 Å². The summed E-state index contributed by atoms with van der Waals surface area (Å²) in [6, 6.07) is 4.95.